The molecule has 1 aliphatic heterocycles. The third kappa shape index (κ3) is 3.20. The highest BCUT2D eigenvalue weighted by molar-refractivity contribution is 5.47. The van der Waals surface area contributed by atoms with Gasteiger partial charge in [-0.3, -0.25) is 4.68 Å². The lowest BCUT2D eigenvalue weighted by Crippen LogP contribution is -2.33. The van der Waals surface area contributed by atoms with Gasteiger partial charge < -0.3 is 5.32 Å². The minimum Gasteiger partial charge on any atom is -0.314 e. The Morgan fingerprint density at radius 1 is 1.62 bits per heavy atom. The molecule has 1 aliphatic rings. The minimum absolute atomic E-state index is 0.675. The van der Waals surface area contributed by atoms with Crippen LogP contribution in [0.4, 0.5) is 0 Å². The fraction of sp³-hybridized carbons (Fsp3) is 0.615. The van der Waals surface area contributed by atoms with E-state index in [1.54, 1.807) is 0 Å². The third-order valence-corrected chi connectivity index (χ3v) is 3.11. The highest BCUT2D eigenvalue weighted by atomic mass is 15.2. The molecule has 0 bridgehead atoms. The Labute approximate surface area is 97.5 Å². The molecule has 2 heterocycles. The van der Waals surface area contributed by atoms with Crippen LogP contribution in [0.15, 0.2) is 17.8 Å². The van der Waals surface area contributed by atoms with Crippen molar-refractivity contribution in [2.45, 2.75) is 38.6 Å². The van der Waals surface area contributed by atoms with Crippen LogP contribution in [0.25, 0.3) is 6.08 Å². The van der Waals surface area contributed by atoms with E-state index in [0.29, 0.717) is 6.04 Å². The summed E-state index contributed by atoms with van der Waals surface area (Å²) in [6, 6.07) is 2.73. The van der Waals surface area contributed by atoms with Crippen molar-refractivity contribution in [3.63, 3.8) is 0 Å². The van der Waals surface area contributed by atoms with Gasteiger partial charge in [-0.2, -0.15) is 5.10 Å². The SMILES string of the molecule is C/C(=C/c1ccn(C)n1)CC1CCCCN1. The number of piperidine rings is 1. The highest BCUT2D eigenvalue weighted by Crippen LogP contribution is 2.16. The summed E-state index contributed by atoms with van der Waals surface area (Å²) in [5, 5.41) is 7.94. The fourth-order valence-corrected chi connectivity index (χ4v) is 2.31. The first-order valence-electron chi connectivity index (χ1n) is 6.14. The van der Waals surface area contributed by atoms with Crippen molar-refractivity contribution in [1.29, 1.82) is 0 Å². The van der Waals surface area contributed by atoms with Crippen molar-refractivity contribution in [2.75, 3.05) is 6.54 Å². The van der Waals surface area contributed by atoms with E-state index in [0.717, 1.165) is 12.1 Å². The molecule has 0 aliphatic carbocycles. The Morgan fingerprint density at radius 3 is 3.12 bits per heavy atom. The van der Waals surface area contributed by atoms with Gasteiger partial charge >= 0.3 is 0 Å². The molecule has 88 valence electrons. The molecule has 1 aromatic heterocycles. The summed E-state index contributed by atoms with van der Waals surface area (Å²) in [5.41, 5.74) is 2.48. The Kier molecular flexibility index (Phi) is 3.78. The van der Waals surface area contributed by atoms with Gasteiger partial charge in [-0.05, 0) is 44.9 Å². The molecule has 16 heavy (non-hydrogen) atoms. The third-order valence-electron chi connectivity index (χ3n) is 3.11. The van der Waals surface area contributed by atoms with Crippen LogP contribution in [0, 0.1) is 0 Å². The van der Waals surface area contributed by atoms with Crippen LogP contribution in [-0.4, -0.2) is 22.4 Å². The molecule has 3 heteroatoms. The maximum Gasteiger partial charge on any atom is 0.0850 e. The quantitative estimate of drug-likeness (QED) is 0.845. The second-order valence-electron chi connectivity index (χ2n) is 4.76. The summed E-state index contributed by atoms with van der Waals surface area (Å²) in [6.07, 6.45) is 9.34. The zero-order chi connectivity index (χ0) is 11.4. The van der Waals surface area contributed by atoms with Crippen LogP contribution in [0.3, 0.4) is 0 Å². The lowest BCUT2D eigenvalue weighted by molar-refractivity contribution is 0.399. The van der Waals surface area contributed by atoms with Crippen LogP contribution < -0.4 is 5.32 Å². The average molecular weight is 219 g/mol. The van der Waals surface area contributed by atoms with Crippen LogP contribution >= 0.6 is 0 Å². The maximum atomic E-state index is 4.36. The van der Waals surface area contributed by atoms with Crippen LogP contribution in [-0.2, 0) is 7.05 Å². The minimum atomic E-state index is 0.675. The van der Waals surface area contributed by atoms with E-state index in [1.165, 1.54) is 31.4 Å². The zero-order valence-electron chi connectivity index (χ0n) is 10.2. The van der Waals surface area contributed by atoms with Gasteiger partial charge in [0.05, 0.1) is 5.69 Å². The van der Waals surface area contributed by atoms with Crippen LogP contribution in [0.1, 0.15) is 38.3 Å². The predicted molar refractivity (Wildman–Crippen MR) is 67.1 cm³/mol. The summed E-state index contributed by atoms with van der Waals surface area (Å²) in [4.78, 5) is 0. The van der Waals surface area contributed by atoms with E-state index >= 15 is 0 Å². The maximum absolute atomic E-state index is 4.36. The molecule has 1 saturated heterocycles. The molecule has 0 saturated carbocycles. The van der Waals surface area contributed by atoms with E-state index in [4.69, 9.17) is 0 Å². The first kappa shape index (κ1) is 11.4. The number of nitrogens with zero attached hydrogens (tertiary/aromatic N) is 2. The molecule has 0 radical (unpaired) electrons. The van der Waals surface area contributed by atoms with Gasteiger partial charge in [0.15, 0.2) is 0 Å². The van der Waals surface area contributed by atoms with E-state index in [-0.39, 0.29) is 0 Å². The predicted octanol–water partition coefficient (Wildman–Crippen LogP) is 2.36. The van der Waals surface area contributed by atoms with E-state index in [1.807, 2.05) is 17.9 Å². The monoisotopic (exact) mass is 219 g/mol. The number of nitrogens with one attached hydrogen (secondary N) is 1. The number of rotatable bonds is 3. The van der Waals surface area contributed by atoms with Gasteiger partial charge in [-0.25, -0.2) is 0 Å². The van der Waals surface area contributed by atoms with Gasteiger partial charge in [0, 0.05) is 19.3 Å². The first-order valence-corrected chi connectivity index (χ1v) is 6.14. The smallest absolute Gasteiger partial charge is 0.0850 e. The van der Waals surface area contributed by atoms with Crippen molar-refractivity contribution in [1.82, 2.24) is 15.1 Å². The van der Waals surface area contributed by atoms with Gasteiger partial charge in [0.2, 0.25) is 0 Å². The molecular formula is C13H21N3. The van der Waals surface area contributed by atoms with Crippen molar-refractivity contribution in [2.24, 2.45) is 7.05 Å². The molecule has 1 aromatic rings. The zero-order valence-corrected chi connectivity index (χ0v) is 10.2. The Balaban J connectivity index is 1.91. The van der Waals surface area contributed by atoms with Crippen molar-refractivity contribution < 1.29 is 0 Å². The van der Waals surface area contributed by atoms with E-state index in [2.05, 4.69) is 29.5 Å². The lowest BCUT2D eigenvalue weighted by Gasteiger charge is -2.23. The summed E-state index contributed by atoms with van der Waals surface area (Å²) in [7, 11) is 1.95. The van der Waals surface area contributed by atoms with Gasteiger partial charge in [0.1, 0.15) is 0 Å². The molecule has 1 N–H and O–H groups in total. The number of hydrogen-bond donors (Lipinski definition) is 1. The molecule has 1 atom stereocenters. The van der Waals surface area contributed by atoms with Crippen LogP contribution in [0.2, 0.25) is 0 Å². The number of aromatic nitrogens is 2. The van der Waals surface area contributed by atoms with Gasteiger partial charge in [-0.1, -0.05) is 12.0 Å². The van der Waals surface area contributed by atoms with E-state index < -0.39 is 0 Å². The van der Waals surface area contributed by atoms with E-state index in [9.17, 15) is 0 Å². The largest absolute Gasteiger partial charge is 0.314 e. The lowest BCUT2D eigenvalue weighted by atomic mass is 9.98. The standard InChI is InChI=1S/C13H21N3/c1-11(9-12-5-3-4-7-14-12)10-13-6-8-16(2)15-13/h6,8,10,12,14H,3-5,7,9H2,1-2H3/b11-10-. The summed E-state index contributed by atoms with van der Waals surface area (Å²) < 4.78 is 1.85. The summed E-state index contributed by atoms with van der Waals surface area (Å²) >= 11 is 0. The Morgan fingerprint density at radius 2 is 2.50 bits per heavy atom. The van der Waals surface area contributed by atoms with Gasteiger partial charge in [0.25, 0.3) is 0 Å². The molecule has 1 fully saturated rings. The molecule has 0 aromatic carbocycles. The summed E-state index contributed by atoms with van der Waals surface area (Å²) in [6.45, 7) is 3.38. The van der Waals surface area contributed by atoms with Crippen molar-refractivity contribution in [3.8, 4) is 0 Å². The van der Waals surface area contributed by atoms with Crippen molar-refractivity contribution in [3.05, 3.63) is 23.5 Å². The molecule has 1 unspecified atom stereocenters. The average Bonchev–Trinajstić information content (AvgIpc) is 2.65. The molecular weight excluding hydrogens is 198 g/mol. The normalized spacial score (nSPS) is 22.4. The van der Waals surface area contributed by atoms with Crippen molar-refractivity contribution >= 4 is 6.08 Å². The van der Waals surface area contributed by atoms with Crippen LogP contribution in [0.5, 0.6) is 0 Å². The molecule has 3 nitrogen and oxygen atoms in total. The second-order valence-corrected chi connectivity index (χ2v) is 4.76. The first-order chi connectivity index (χ1) is 7.74. The Bertz CT molecular complexity index is 359. The number of hydrogen-bond acceptors (Lipinski definition) is 2. The Hall–Kier alpha value is -1.09. The fourth-order valence-electron chi connectivity index (χ4n) is 2.31. The molecule has 0 spiro atoms. The second kappa shape index (κ2) is 5.30. The highest BCUT2D eigenvalue weighted by Gasteiger charge is 2.12. The van der Waals surface area contributed by atoms with Gasteiger partial charge in [-0.15, -0.1) is 0 Å². The topological polar surface area (TPSA) is 29.9 Å². The number of aryl methyl sites for hydroxylation is 1. The summed E-state index contributed by atoms with van der Waals surface area (Å²) in [5.74, 6) is 0. The molecule has 0 amide bonds. The molecule has 2 rings (SSSR count).